The monoisotopic (exact) mass is 335 g/mol. The number of nitrogens with zero attached hydrogens (tertiary/aromatic N) is 1. The van der Waals surface area contributed by atoms with Gasteiger partial charge in [-0.05, 0) is 18.1 Å². The molecule has 1 atom stereocenters. The largest absolute Gasteiger partial charge is 0.383 e. The summed E-state index contributed by atoms with van der Waals surface area (Å²) in [5.74, 6) is -0.256. The van der Waals surface area contributed by atoms with Crippen LogP contribution < -0.4 is 5.32 Å². The summed E-state index contributed by atoms with van der Waals surface area (Å²) in [4.78, 5) is 12.4. The van der Waals surface area contributed by atoms with Gasteiger partial charge >= 0.3 is 0 Å². The van der Waals surface area contributed by atoms with Crippen LogP contribution in [0.3, 0.4) is 0 Å². The van der Waals surface area contributed by atoms with Crippen LogP contribution in [0.5, 0.6) is 0 Å². The second kappa shape index (κ2) is 7.32. The fraction of sp³-hybridized carbons (Fsp3) is 0.200. The zero-order chi connectivity index (χ0) is 17.7. The number of aromatic nitrogens is 2. The van der Waals surface area contributed by atoms with E-state index in [2.05, 4.69) is 15.5 Å². The number of carbonyl (C=O) groups excluding carboxylic acids is 1. The number of rotatable bonds is 6. The highest BCUT2D eigenvalue weighted by molar-refractivity contribution is 5.95. The number of hydrogen-bond donors (Lipinski definition) is 3. The number of nitrogens with one attached hydrogen (secondary N) is 2. The lowest BCUT2D eigenvalue weighted by atomic mass is 9.87. The van der Waals surface area contributed by atoms with Crippen molar-refractivity contribution >= 4 is 5.91 Å². The van der Waals surface area contributed by atoms with Gasteiger partial charge in [-0.25, -0.2) is 0 Å². The van der Waals surface area contributed by atoms with Gasteiger partial charge in [-0.3, -0.25) is 9.89 Å². The molecule has 0 aliphatic rings. The van der Waals surface area contributed by atoms with E-state index in [1.807, 2.05) is 60.7 Å². The minimum Gasteiger partial charge on any atom is -0.383 e. The number of benzene rings is 2. The van der Waals surface area contributed by atoms with Gasteiger partial charge in [-0.1, -0.05) is 60.7 Å². The van der Waals surface area contributed by atoms with Crippen LogP contribution in [-0.4, -0.2) is 27.8 Å². The van der Waals surface area contributed by atoms with Crippen molar-refractivity contribution in [2.24, 2.45) is 0 Å². The van der Waals surface area contributed by atoms with E-state index in [1.165, 1.54) is 6.20 Å². The van der Waals surface area contributed by atoms with E-state index in [4.69, 9.17) is 0 Å². The van der Waals surface area contributed by atoms with Gasteiger partial charge in [-0.15, -0.1) is 0 Å². The molecule has 5 nitrogen and oxygen atoms in total. The lowest BCUT2D eigenvalue weighted by Crippen LogP contribution is -2.42. The number of aliphatic hydroxyl groups is 1. The first-order valence-electron chi connectivity index (χ1n) is 8.18. The average Bonchev–Trinajstić information content (AvgIpc) is 3.07. The van der Waals surface area contributed by atoms with Crippen molar-refractivity contribution in [3.8, 4) is 0 Å². The van der Waals surface area contributed by atoms with Gasteiger partial charge in [0.05, 0.1) is 18.3 Å². The molecule has 0 spiro atoms. The summed E-state index contributed by atoms with van der Waals surface area (Å²) in [7, 11) is 0. The summed E-state index contributed by atoms with van der Waals surface area (Å²) < 4.78 is 0. The van der Waals surface area contributed by atoms with Crippen LogP contribution in [0, 0.1) is 6.92 Å². The molecule has 1 aromatic heterocycles. The molecule has 0 saturated carbocycles. The van der Waals surface area contributed by atoms with Crippen molar-refractivity contribution in [1.29, 1.82) is 0 Å². The van der Waals surface area contributed by atoms with Gasteiger partial charge in [0.1, 0.15) is 5.60 Å². The van der Waals surface area contributed by atoms with Crippen LogP contribution in [0.25, 0.3) is 0 Å². The highest BCUT2D eigenvalue weighted by Gasteiger charge is 2.30. The summed E-state index contributed by atoms with van der Waals surface area (Å²) in [5, 5.41) is 20.8. The van der Waals surface area contributed by atoms with Crippen LogP contribution >= 0.6 is 0 Å². The first-order chi connectivity index (χ1) is 12.1. The van der Waals surface area contributed by atoms with Gasteiger partial charge < -0.3 is 10.4 Å². The number of amides is 1. The molecule has 0 unspecified atom stereocenters. The Kier molecular flexibility index (Phi) is 4.95. The van der Waals surface area contributed by atoms with Crippen LogP contribution in [-0.2, 0) is 12.0 Å². The summed E-state index contributed by atoms with van der Waals surface area (Å²) in [6.45, 7) is 1.89. The molecule has 3 aromatic rings. The maximum atomic E-state index is 12.4. The minimum absolute atomic E-state index is 0.107. The SMILES string of the molecule is Cc1[nH]ncc1C(=O)NC[C@@](O)(Cc1ccccc1)c1ccccc1. The molecule has 0 aliphatic heterocycles. The summed E-state index contributed by atoms with van der Waals surface area (Å²) in [6.07, 6.45) is 1.89. The first-order valence-corrected chi connectivity index (χ1v) is 8.18. The van der Waals surface area contributed by atoms with Crippen molar-refractivity contribution < 1.29 is 9.90 Å². The molecule has 0 fully saturated rings. The molecule has 0 saturated heterocycles. The molecule has 0 radical (unpaired) electrons. The Morgan fingerprint density at radius 2 is 1.76 bits per heavy atom. The molecule has 3 rings (SSSR count). The zero-order valence-corrected chi connectivity index (χ0v) is 14.1. The predicted octanol–water partition coefficient (Wildman–Crippen LogP) is 2.58. The molecule has 3 N–H and O–H groups in total. The van der Waals surface area contributed by atoms with Gasteiger partial charge in [0.25, 0.3) is 5.91 Å². The number of aromatic amines is 1. The second-order valence-electron chi connectivity index (χ2n) is 6.15. The van der Waals surface area contributed by atoms with Crippen molar-refractivity contribution in [2.45, 2.75) is 18.9 Å². The number of hydrogen-bond acceptors (Lipinski definition) is 3. The van der Waals surface area contributed by atoms with Gasteiger partial charge in [0, 0.05) is 12.1 Å². The van der Waals surface area contributed by atoms with E-state index in [9.17, 15) is 9.90 Å². The molecule has 2 aromatic carbocycles. The maximum absolute atomic E-state index is 12.4. The first kappa shape index (κ1) is 16.9. The molecule has 25 heavy (non-hydrogen) atoms. The van der Waals surface area contributed by atoms with E-state index >= 15 is 0 Å². The fourth-order valence-electron chi connectivity index (χ4n) is 2.85. The normalized spacial score (nSPS) is 13.2. The lowest BCUT2D eigenvalue weighted by Gasteiger charge is -2.29. The Hall–Kier alpha value is -2.92. The Balaban J connectivity index is 1.82. The van der Waals surface area contributed by atoms with Crippen molar-refractivity contribution in [3.63, 3.8) is 0 Å². The van der Waals surface area contributed by atoms with E-state index in [0.29, 0.717) is 17.7 Å². The third kappa shape index (κ3) is 3.95. The highest BCUT2D eigenvalue weighted by Crippen LogP contribution is 2.25. The van der Waals surface area contributed by atoms with Gasteiger partial charge in [0.2, 0.25) is 0 Å². The topological polar surface area (TPSA) is 78.0 Å². The number of carbonyl (C=O) groups is 1. The third-order valence-electron chi connectivity index (χ3n) is 4.27. The Bertz CT molecular complexity index is 830. The standard InChI is InChI=1S/C20H21N3O2/c1-15-18(13-22-23-15)19(24)21-14-20(25,17-10-6-3-7-11-17)12-16-8-4-2-5-9-16/h2-11,13,25H,12,14H2,1H3,(H,21,24)(H,22,23)/t20-/m0/s1. The van der Waals surface area contributed by atoms with Crippen molar-refractivity contribution in [3.05, 3.63) is 89.2 Å². The summed E-state index contributed by atoms with van der Waals surface area (Å²) in [5.41, 5.74) is 1.75. The van der Waals surface area contributed by atoms with Crippen molar-refractivity contribution in [1.82, 2.24) is 15.5 Å². The van der Waals surface area contributed by atoms with E-state index in [-0.39, 0.29) is 12.5 Å². The van der Waals surface area contributed by atoms with E-state index < -0.39 is 5.60 Å². The third-order valence-corrected chi connectivity index (χ3v) is 4.27. The molecule has 128 valence electrons. The average molecular weight is 335 g/mol. The second-order valence-corrected chi connectivity index (χ2v) is 6.15. The van der Waals surface area contributed by atoms with Crippen LogP contribution in [0.15, 0.2) is 66.9 Å². The summed E-state index contributed by atoms with van der Waals surface area (Å²) >= 11 is 0. The zero-order valence-electron chi connectivity index (χ0n) is 14.1. The molecule has 1 amide bonds. The molecular weight excluding hydrogens is 314 g/mol. The smallest absolute Gasteiger partial charge is 0.254 e. The maximum Gasteiger partial charge on any atom is 0.254 e. The van der Waals surface area contributed by atoms with Crippen molar-refractivity contribution in [2.75, 3.05) is 6.54 Å². The highest BCUT2D eigenvalue weighted by atomic mass is 16.3. The Labute approximate surface area is 146 Å². The molecule has 0 bridgehead atoms. The molecule has 0 aliphatic carbocycles. The number of H-pyrrole nitrogens is 1. The minimum atomic E-state index is -1.20. The fourth-order valence-corrected chi connectivity index (χ4v) is 2.85. The lowest BCUT2D eigenvalue weighted by molar-refractivity contribution is 0.0353. The van der Waals surface area contributed by atoms with E-state index in [0.717, 1.165) is 11.1 Å². The molecule has 1 heterocycles. The van der Waals surface area contributed by atoms with Gasteiger partial charge in [0.15, 0.2) is 0 Å². The van der Waals surface area contributed by atoms with Crippen LogP contribution in [0.4, 0.5) is 0 Å². The molecular formula is C20H21N3O2. The Morgan fingerprint density at radius 1 is 1.12 bits per heavy atom. The molecule has 5 heteroatoms. The quantitative estimate of drug-likeness (QED) is 0.648. The summed E-state index contributed by atoms with van der Waals surface area (Å²) in [6, 6.07) is 19.2. The van der Waals surface area contributed by atoms with E-state index in [1.54, 1.807) is 6.92 Å². The van der Waals surface area contributed by atoms with Crippen LogP contribution in [0.2, 0.25) is 0 Å². The van der Waals surface area contributed by atoms with Crippen LogP contribution in [0.1, 0.15) is 27.2 Å². The van der Waals surface area contributed by atoms with Gasteiger partial charge in [-0.2, -0.15) is 5.10 Å². The number of aryl methyl sites for hydroxylation is 1. The Morgan fingerprint density at radius 3 is 2.36 bits per heavy atom. The predicted molar refractivity (Wildman–Crippen MR) is 96.1 cm³/mol.